The number of Topliss-reactive ketones (excluding diaryl/α,β-unsaturated/α-hetero) is 1. The number of ketones is 1. The van der Waals surface area contributed by atoms with Crippen LogP contribution in [0.5, 0.6) is 0 Å². The zero-order valence-corrected chi connectivity index (χ0v) is 14.9. The highest BCUT2D eigenvalue weighted by Gasteiger charge is 2.25. The van der Waals surface area contributed by atoms with Crippen LogP contribution in [0.15, 0.2) is 18.2 Å². The molecule has 134 valence electrons. The summed E-state index contributed by atoms with van der Waals surface area (Å²) in [6.45, 7) is 4.69. The number of hydrogen-bond donors (Lipinski definition) is 1. The van der Waals surface area contributed by atoms with Crippen LogP contribution in [-0.4, -0.2) is 43.5 Å². The summed E-state index contributed by atoms with van der Waals surface area (Å²) in [5.41, 5.74) is 0. The van der Waals surface area contributed by atoms with Gasteiger partial charge in [-0.05, 0) is 25.0 Å². The lowest BCUT2D eigenvalue weighted by Crippen LogP contribution is -3.15. The van der Waals surface area contributed by atoms with E-state index in [-0.39, 0.29) is 12.4 Å². The van der Waals surface area contributed by atoms with Crippen molar-refractivity contribution in [2.24, 2.45) is 5.92 Å². The molecule has 0 amide bonds. The van der Waals surface area contributed by atoms with Gasteiger partial charge in [0.1, 0.15) is 11.6 Å². The molecule has 1 aliphatic carbocycles. The molecule has 2 aliphatic rings. The van der Waals surface area contributed by atoms with Crippen LogP contribution in [0.4, 0.5) is 10.2 Å². The van der Waals surface area contributed by atoms with Gasteiger partial charge >= 0.3 is 0 Å². The molecule has 0 atom stereocenters. The van der Waals surface area contributed by atoms with Crippen LogP contribution in [-0.2, 0) is 4.79 Å². The Bertz CT molecular complexity index is 529. The second-order valence-electron chi connectivity index (χ2n) is 6.86. The Hall–Kier alpha value is -1.20. The molecule has 1 aromatic rings. The van der Waals surface area contributed by atoms with Gasteiger partial charge in [0.05, 0.1) is 39.1 Å². The van der Waals surface area contributed by atoms with Crippen molar-refractivity contribution >= 4 is 11.6 Å². The van der Waals surface area contributed by atoms with E-state index in [0.717, 1.165) is 57.8 Å². The van der Waals surface area contributed by atoms with Gasteiger partial charge < -0.3 is 22.2 Å². The number of hydrogen-bond acceptors (Lipinski definition) is 3. The summed E-state index contributed by atoms with van der Waals surface area (Å²) in [7, 11) is 0. The Morgan fingerprint density at radius 3 is 2.58 bits per heavy atom. The van der Waals surface area contributed by atoms with Gasteiger partial charge in [-0.2, -0.15) is 4.39 Å². The first kappa shape index (κ1) is 19.1. The smallest absolute Gasteiger partial charge is 0.214 e. The Kier molecular flexibility index (Phi) is 7.43. The van der Waals surface area contributed by atoms with E-state index >= 15 is 0 Å². The highest BCUT2D eigenvalue weighted by atomic mass is 35.5. The first-order chi connectivity index (χ1) is 11.2. The van der Waals surface area contributed by atoms with Crippen LogP contribution in [0.25, 0.3) is 0 Å². The van der Waals surface area contributed by atoms with Crippen LogP contribution >= 0.6 is 0 Å². The van der Waals surface area contributed by atoms with Gasteiger partial charge in [0.2, 0.25) is 5.95 Å². The highest BCUT2D eigenvalue weighted by Crippen LogP contribution is 2.24. The Labute approximate surface area is 149 Å². The maximum atomic E-state index is 13.2. The van der Waals surface area contributed by atoms with Crippen LogP contribution in [0.1, 0.15) is 38.5 Å². The fourth-order valence-corrected chi connectivity index (χ4v) is 3.80. The second-order valence-corrected chi connectivity index (χ2v) is 6.86. The van der Waals surface area contributed by atoms with E-state index < -0.39 is 5.95 Å². The van der Waals surface area contributed by atoms with Crippen molar-refractivity contribution in [1.82, 2.24) is 4.98 Å². The Morgan fingerprint density at radius 2 is 1.92 bits per heavy atom. The number of carbonyl (C=O) groups is 1. The highest BCUT2D eigenvalue weighted by molar-refractivity contribution is 5.81. The van der Waals surface area contributed by atoms with Crippen molar-refractivity contribution in [3.8, 4) is 0 Å². The van der Waals surface area contributed by atoms with Crippen LogP contribution in [0, 0.1) is 11.9 Å². The minimum absolute atomic E-state index is 0. The first-order valence-corrected chi connectivity index (χ1v) is 8.96. The molecule has 6 heteroatoms. The summed E-state index contributed by atoms with van der Waals surface area (Å²) in [5, 5.41) is 0. The number of nitrogens with zero attached hydrogens (tertiary/aromatic N) is 2. The number of carbonyl (C=O) groups excluding carboxylic acids is 1. The van der Waals surface area contributed by atoms with E-state index in [0.29, 0.717) is 11.7 Å². The Balaban J connectivity index is 0.00000208. The maximum absolute atomic E-state index is 13.2. The lowest BCUT2D eigenvalue weighted by atomic mass is 9.85. The average molecular weight is 356 g/mol. The molecular formula is C18H27ClFN3O. The van der Waals surface area contributed by atoms with Crippen molar-refractivity contribution in [1.29, 1.82) is 0 Å². The van der Waals surface area contributed by atoms with Crippen molar-refractivity contribution in [2.75, 3.05) is 37.6 Å². The number of pyridine rings is 1. The molecule has 3 rings (SSSR count). The first-order valence-electron chi connectivity index (χ1n) is 8.96. The lowest BCUT2D eigenvalue weighted by Gasteiger charge is -2.33. The molecule has 1 aliphatic heterocycles. The largest absolute Gasteiger partial charge is 1.00 e. The predicted molar refractivity (Wildman–Crippen MR) is 88.2 cm³/mol. The van der Waals surface area contributed by atoms with E-state index in [1.165, 1.54) is 30.2 Å². The number of piperazine rings is 1. The van der Waals surface area contributed by atoms with Crippen molar-refractivity contribution in [3.05, 3.63) is 24.1 Å². The van der Waals surface area contributed by atoms with Gasteiger partial charge in [-0.25, -0.2) is 4.98 Å². The van der Waals surface area contributed by atoms with Crippen LogP contribution < -0.4 is 22.2 Å². The number of aromatic nitrogens is 1. The quantitative estimate of drug-likeness (QED) is 0.651. The van der Waals surface area contributed by atoms with Gasteiger partial charge in [0.25, 0.3) is 0 Å². The minimum atomic E-state index is -0.421. The summed E-state index contributed by atoms with van der Waals surface area (Å²) in [6, 6.07) is 4.95. The van der Waals surface area contributed by atoms with Gasteiger partial charge in [-0.15, -0.1) is 0 Å². The van der Waals surface area contributed by atoms with E-state index in [4.69, 9.17) is 0 Å². The molecule has 1 N–H and O–H groups in total. The standard InChI is InChI=1S/C18H26FN3O.ClH/c19-17-7-4-8-18(20-17)22-13-11-21(12-14-22)10-9-16(23)15-5-2-1-3-6-15;/h4,7-8,15H,1-3,5-6,9-14H2;1H. The maximum Gasteiger partial charge on any atom is 0.214 e. The zero-order valence-electron chi connectivity index (χ0n) is 14.1. The van der Waals surface area contributed by atoms with E-state index in [2.05, 4.69) is 9.88 Å². The third-order valence-corrected chi connectivity index (χ3v) is 5.28. The number of nitrogens with one attached hydrogen (secondary N) is 1. The zero-order chi connectivity index (χ0) is 16.1. The molecule has 0 bridgehead atoms. The predicted octanol–water partition coefficient (Wildman–Crippen LogP) is -1.53. The molecule has 24 heavy (non-hydrogen) atoms. The topological polar surface area (TPSA) is 37.6 Å². The van der Waals surface area contributed by atoms with Gasteiger partial charge in [0, 0.05) is 5.92 Å². The second kappa shape index (κ2) is 9.33. The van der Waals surface area contributed by atoms with Crippen molar-refractivity contribution < 1.29 is 26.5 Å². The number of halogens is 2. The molecule has 0 aromatic carbocycles. The number of rotatable bonds is 5. The molecule has 1 saturated carbocycles. The van der Waals surface area contributed by atoms with E-state index in [1.807, 2.05) is 6.07 Å². The summed E-state index contributed by atoms with van der Waals surface area (Å²) in [6.07, 6.45) is 6.68. The fourth-order valence-electron chi connectivity index (χ4n) is 3.80. The van der Waals surface area contributed by atoms with Crippen LogP contribution in [0.2, 0.25) is 0 Å². The molecule has 1 saturated heterocycles. The third-order valence-electron chi connectivity index (χ3n) is 5.28. The molecule has 0 spiro atoms. The molecule has 2 heterocycles. The van der Waals surface area contributed by atoms with Gasteiger partial charge in [-0.1, -0.05) is 25.3 Å². The summed E-state index contributed by atoms with van der Waals surface area (Å²) in [4.78, 5) is 19.9. The van der Waals surface area contributed by atoms with Crippen molar-refractivity contribution in [3.63, 3.8) is 0 Å². The summed E-state index contributed by atoms with van der Waals surface area (Å²) in [5.74, 6) is 1.12. The molecule has 2 fully saturated rings. The average Bonchev–Trinajstić information content (AvgIpc) is 2.61. The number of quaternary nitrogens is 1. The monoisotopic (exact) mass is 355 g/mol. The summed E-state index contributed by atoms with van der Waals surface area (Å²) < 4.78 is 13.2. The third kappa shape index (κ3) is 5.15. The minimum Gasteiger partial charge on any atom is -1.00 e. The number of anilines is 1. The van der Waals surface area contributed by atoms with Gasteiger partial charge in [-0.3, -0.25) is 4.79 Å². The molecule has 4 nitrogen and oxygen atoms in total. The summed E-state index contributed by atoms with van der Waals surface area (Å²) >= 11 is 0. The van der Waals surface area contributed by atoms with E-state index in [9.17, 15) is 9.18 Å². The lowest BCUT2D eigenvalue weighted by molar-refractivity contribution is -0.900. The fraction of sp³-hybridized carbons (Fsp3) is 0.667. The molecule has 0 unspecified atom stereocenters. The van der Waals surface area contributed by atoms with Gasteiger partial charge in [0.15, 0.2) is 0 Å². The SMILES string of the molecule is O=C(CC[NH+]1CCN(c2cccc(F)n2)CC1)C1CCCCC1.[Cl-]. The molecule has 0 radical (unpaired) electrons. The van der Waals surface area contributed by atoms with Crippen molar-refractivity contribution in [2.45, 2.75) is 38.5 Å². The van der Waals surface area contributed by atoms with Crippen LogP contribution in [0.3, 0.4) is 0 Å². The normalized spacial score (nSPS) is 19.8. The molecule has 1 aromatic heterocycles. The van der Waals surface area contributed by atoms with E-state index in [1.54, 1.807) is 6.07 Å². The Morgan fingerprint density at radius 1 is 1.21 bits per heavy atom. The molecular weight excluding hydrogens is 329 g/mol.